The van der Waals surface area contributed by atoms with Crippen LogP contribution in [0.15, 0.2) is 200 Å². The summed E-state index contributed by atoms with van der Waals surface area (Å²) in [6.45, 7) is 0. The van der Waals surface area contributed by atoms with Gasteiger partial charge >= 0.3 is 0 Å². The molecule has 56 heavy (non-hydrogen) atoms. The number of fused-ring (bicyclic) bond motifs is 7. The summed E-state index contributed by atoms with van der Waals surface area (Å²) in [6, 6.07) is 55.5. The van der Waals surface area contributed by atoms with Crippen LogP contribution in [0, 0.1) is 0 Å². The zero-order valence-electron chi connectivity index (χ0n) is 35.0. The fraction of sp³-hybridized carbons (Fsp3) is 0. The van der Waals surface area contributed by atoms with Crippen molar-refractivity contribution in [2.45, 2.75) is 0 Å². The number of benzene rings is 10. The van der Waals surface area contributed by atoms with Crippen LogP contribution in [0.3, 0.4) is 0 Å². The first-order valence-electron chi connectivity index (χ1n) is 21.1. The van der Waals surface area contributed by atoms with Crippen LogP contribution in [0.1, 0.15) is 6.85 Å². The third-order valence-electron chi connectivity index (χ3n) is 10.8. The van der Waals surface area contributed by atoms with Crippen molar-refractivity contribution in [1.29, 1.82) is 0 Å². The van der Waals surface area contributed by atoms with Crippen LogP contribution in [-0.4, -0.2) is 15.0 Å². The molecule has 0 amide bonds. The number of hydrogen-bond donors (Lipinski definition) is 0. The summed E-state index contributed by atoms with van der Waals surface area (Å²) in [7, 11) is 0. The van der Waals surface area contributed by atoms with Gasteiger partial charge in [0.05, 0.1) is 6.85 Å². The van der Waals surface area contributed by atoms with Gasteiger partial charge in [-0.25, -0.2) is 15.0 Å². The van der Waals surface area contributed by atoms with Crippen LogP contribution < -0.4 is 0 Å². The predicted octanol–water partition coefficient (Wildman–Crippen LogP) is 14.0. The summed E-state index contributed by atoms with van der Waals surface area (Å²) < 4.78 is 44.1. The fourth-order valence-electron chi connectivity index (χ4n) is 8.24. The van der Waals surface area contributed by atoms with Gasteiger partial charge in [-0.05, 0) is 88.2 Å². The highest BCUT2D eigenvalue weighted by Gasteiger charge is 2.22. The smallest absolute Gasteiger partial charge is 0.165 e. The summed E-state index contributed by atoms with van der Waals surface area (Å²) in [4.78, 5) is 15.9. The quantitative estimate of drug-likeness (QED) is 0.131. The summed E-state index contributed by atoms with van der Waals surface area (Å²) in [6.07, 6.45) is 0. The lowest BCUT2D eigenvalue weighted by Crippen LogP contribution is -2.02. The van der Waals surface area contributed by atoms with Crippen molar-refractivity contribution in [1.82, 2.24) is 15.0 Å². The van der Waals surface area contributed by atoms with E-state index in [4.69, 9.17) is 19.1 Å². The standard InChI is InChI=1S/C53H33N3/c1-4-16-34(17-5-1)38-29-31-45-47(32-38)49(36-19-6-2-7-20-36)43-26-14-15-27-44(43)50(45)53-55-51(37-21-8-3-9-22-37)54-52(56-53)48-33-46-39-23-11-10-18-35(39)28-30-42(46)40-24-12-13-25-41(40)48/h1-33H/i2D,6D,7D,19D,20D. The molecular weight excluding hydrogens is 679 g/mol. The van der Waals surface area contributed by atoms with Crippen molar-refractivity contribution < 1.29 is 6.85 Å². The summed E-state index contributed by atoms with van der Waals surface area (Å²) in [5.74, 6) is 1.48. The summed E-state index contributed by atoms with van der Waals surface area (Å²) >= 11 is 0. The Kier molecular flexibility index (Phi) is 6.36. The lowest BCUT2D eigenvalue weighted by molar-refractivity contribution is 1.08. The molecule has 0 saturated heterocycles. The second-order valence-electron chi connectivity index (χ2n) is 13.9. The molecule has 1 heterocycles. The second kappa shape index (κ2) is 13.1. The minimum Gasteiger partial charge on any atom is -0.208 e. The molecule has 0 N–H and O–H groups in total. The first-order chi connectivity index (χ1) is 29.9. The Labute approximate surface area is 331 Å². The molecule has 0 aliphatic rings. The number of rotatable bonds is 5. The van der Waals surface area contributed by atoms with Crippen molar-refractivity contribution in [2.75, 3.05) is 0 Å². The van der Waals surface area contributed by atoms with E-state index in [1.54, 1.807) is 0 Å². The topological polar surface area (TPSA) is 38.7 Å². The summed E-state index contributed by atoms with van der Waals surface area (Å²) in [5, 5.41) is 9.59. The van der Waals surface area contributed by atoms with Crippen LogP contribution in [0.25, 0.3) is 110 Å². The van der Waals surface area contributed by atoms with Crippen LogP contribution in [0.5, 0.6) is 0 Å². The monoisotopic (exact) mass is 716 g/mol. The first-order valence-corrected chi connectivity index (χ1v) is 18.6. The van der Waals surface area contributed by atoms with Gasteiger partial charge in [0.25, 0.3) is 0 Å². The maximum absolute atomic E-state index is 9.17. The van der Waals surface area contributed by atoms with Gasteiger partial charge in [0.15, 0.2) is 17.5 Å². The lowest BCUT2D eigenvalue weighted by atomic mass is 9.86. The van der Waals surface area contributed by atoms with Gasteiger partial charge in [0.1, 0.15) is 0 Å². The van der Waals surface area contributed by atoms with E-state index < -0.39 is 6.04 Å². The molecule has 1 aromatic heterocycles. The molecule has 0 spiro atoms. The van der Waals surface area contributed by atoms with Crippen LogP contribution in [-0.2, 0) is 0 Å². The van der Waals surface area contributed by atoms with Crippen molar-refractivity contribution in [3.8, 4) is 56.4 Å². The average Bonchev–Trinajstić information content (AvgIpc) is 3.32. The Morgan fingerprint density at radius 3 is 1.62 bits per heavy atom. The van der Waals surface area contributed by atoms with E-state index in [-0.39, 0.29) is 29.7 Å². The molecule has 0 saturated carbocycles. The van der Waals surface area contributed by atoms with Gasteiger partial charge in [-0.3, -0.25) is 0 Å². The van der Waals surface area contributed by atoms with Gasteiger partial charge in [0, 0.05) is 16.7 Å². The molecule has 0 aliphatic carbocycles. The Balaban J connectivity index is 1.29. The molecule has 0 radical (unpaired) electrons. The first kappa shape index (κ1) is 27.1. The minimum absolute atomic E-state index is 0.139. The van der Waals surface area contributed by atoms with Crippen molar-refractivity contribution >= 4 is 53.9 Å². The maximum atomic E-state index is 9.17. The highest BCUT2D eigenvalue weighted by molar-refractivity contribution is 6.22. The van der Waals surface area contributed by atoms with E-state index in [1.807, 2.05) is 97.1 Å². The largest absolute Gasteiger partial charge is 0.208 e. The molecule has 11 rings (SSSR count). The molecule has 10 aromatic carbocycles. The number of hydrogen-bond acceptors (Lipinski definition) is 3. The predicted molar refractivity (Wildman–Crippen MR) is 235 cm³/mol. The lowest BCUT2D eigenvalue weighted by Gasteiger charge is -2.19. The van der Waals surface area contributed by atoms with E-state index >= 15 is 0 Å². The molecular formula is C53H33N3. The zero-order chi connectivity index (χ0) is 41.4. The van der Waals surface area contributed by atoms with Gasteiger partial charge in [-0.1, -0.05) is 188 Å². The second-order valence-corrected chi connectivity index (χ2v) is 13.9. The fourth-order valence-corrected chi connectivity index (χ4v) is 8.24. The highest BCUT2D eigenvalue weighted by atomic mass is 15.0. The molecule has 260 valence electrons. The third-order valence-corrected chi connectivity index (χ3v) is 10.8. The Morgan fingerprint density at radius 2 is 0.857 bits per heavy atom. The number of aromatic nitrogens is 3. The van der Waals surface area contributed by atoms with Gasteiger partial charge in [0.2, 0.25) is 0 Å². The normalized spacial score (nSPS) is 12.8. The van der Waals surface area contributed by atoms with E-state index in [2.05, 4.69) is 72.8 Å². The van der Waals surface area contributed by atoms with Crippen LogP contribution in [0.2, 0.25) is 0 Å². The molecule has 11 aromatic rings. The number of nitrogens with zero attached hydrogens (tertiary/aromatic N) is 3. The Hall–Kier alpha value is -7.49. The minimum atomic E-state index is -0.436. The molecule has 0 atom stereocenters. The van der Waals surface area contributed by atoms with Gasteiger partial charge in [-0.2, -0.15) is 0 Å². The van der Waals surface area contributed by atoms with E-state index in [1.165, 1.54) is 0 Å². The maximum Gasteiger partial charge on any atom is 0.165 e. The summed E-state index contributed by atoms with van der Waals surface area (Å²) in [5.41, 5.74) is 5.04. The molecule has 3 heteroatoms. The Bertz CT molecular complexity index is 3560. The van der Waals surface area contributed by atoms with Crippen LogP contribution in [0.4, 0.5) is 0 Å². The molecule has 0 fully saturated rings. The SMILES string of the molecule is [2H]c1c([2H])c([2H])c(-c2c3ccccc3c(-c3nc(-c4ccccc4)nc(-c4cc5c6ccccc6ccc5c5ccccc45)n3)c3ccc(-c4ccccc4)cc23)c([2H])c1[2H]. The Morgan fingerprint density at radius 1 is 0.304 bits per heavy atom. The van der Waals surface area contributed by atoms with Crippen molar-refractivity contribution in [3.05, 3.63) is 200 Å². The van der Waals surface area contributed by atoms with Crippen molar-refractivity contribution in [3.63, 3.8) is 0 Å². The van der Waals surface area contributed by atoms with E-state index in [9.17, 15) is 2.74 Å². The van der Waals surface area contributed by atoms with Gasteiger partial charge in [-0.15, -0.1) is 0 Å². The molecule has 0 aliphatic heterocycles. The van der Waals surface area contributed by atoms with Gasteiger partial charge < -0.3 is 0 Å². The highest BCUT2D eigenvalue weighted by Crippen LogP contribution is 2.45. The molecule has 0 unspecified atom stereocenters. The van der Waals surface area contributed by atoms with E-state index in [0.717, 1.165) is 70.9 Å². The van der Waals surface area contributed by atoms with Crippen molar-refractivity contribution in [2.24, 2.45) is 0 Å². The third kappa shape index (κ3) is 5.25. The molecule has 0 bridgehead atoms. The average molecular weight is 717 g/mol. The van der Waals surface area contributed by atoms with Crippen LogP contribution >= 0.6 is 0 Å². The molecule has 3 nitrogen and oxygen atoms in total. The van der Waals surface area contributed by atoms with E-state index in [0.29, 0.717) is 33.8 Å². The zero-order valence-corrected chi connectivity index (χ0v) is 30.0.